The normalized spacial score (nSPS) is 22.8. The second kappa shape index (κ2) is 6.67. The van der Waals surface area contributed by atoms with E-state index in [-0.39, 0.29) is 35.9 Å². The monoisotopic (exact) mass is 473 g/mol. The molecule has 0 amide bonds. The molecule has 1 saturated carbocycles. The molecule has 3 aliphatic rings. The summed E-state index contributed by atoms with van der Waals surface area (Å²) in [5, 5.41) is 0. The van der Waals surface area contributed by atoms with E-state index in [4.69, 9.17) is 0 Å². The third-order valence-corrected chi connectivity index (χ3v) is 5.32. The van der Waals surface area contributed by atoms with E-state index >= 15 is 0 Å². The fourth-order valence-corrected chi connectivity index (χ4v) is 3.85. The number of pyridine rings is 1. The number of aromatic nitrogens is 1. The number of hydrogen-bond acceptors (Lipinski definition) is 1. The van der Waals surface area contributed by atoms with Gasteiger partial charge >= 0.3 is 0 Å². The molecule has 1 nitrogen and oxygen atoms in total. The Bertz CT molecular complexity index is 633. The summed E-state index contributed by atoms with van der Waals surface area (Å²) in [5.41, 5.74) is 5.66. The molecular weight excluding hydrogens is 449 g/mol. The van der Waals surface area contributed by atoms with Crippen molar-refractivity contribution in [2.75, 3.05) is 0 Å². The molecule has 1 fully saturated rings. The number of nitrogens with zero attached hydrogens (tertiary/aromatic N) is 1. The molecule has 2 heteroatoms. The van der Waals surface area contributed by atoms with Crippen LogP contribution in [0.15, 0.2) is 36.5 Å². The molecule has 2 unspecified atom stereocenters. The van der Waals surface area contributed by atoms with Gasteiger partial charge in [0.15, 0.2) is 0 Å². The molecule has 1 heterocycles. The van der Waals surface area contributed by atoms with Gasteiger partial charge in [0, 0.05) is 27.3 Å². The minimum absolute atomic E-state index is 0. The van der Waals surface area contributed by atoms with Crippen molar-refractivity contribution in [3.63, 3.8) is 0 Å². The second-order valence-corrected chi connectivity index (χ2v) is 6.56. The van der Waals surface area contributed by atoms with Crippen LogP contribution in [0.1, 0.15) is 37.3 Å². The van der Waals surface area contributed by atoms with Crippen LogP contribution >= 0.6 is 0 Å². The van der Waals surface area contributed by atoms with Crippen LogP contribution in [-0.4, -0.2) is 4.98 Å². The molecule has 1 aromatic carbocycles. The van der Waals surface area contributed by atoms with Gasteiger partial charge in [0.05, 0.1) is 0 Å². The van der Waals surface area contributed by atoms with Gasteiger partial charge in [-0.05, 0) is 46.9 Å². The Morgan fingerprint density at radius 3 is 2.64 bits per heavy atom. The zero-order valence-electron chi connectivity index (χ0n) is 13.8. The predicted molar refractivity (Wildman–Crippen MR) is 89.7 cm³/mol. The van der Waals surface area contributed by atoms with Gasteiger partial charge in [-0.1, -0.05) is 19.9 Å². The molecule has 5 rings (SSSR count). The van der Waals surface area contributed by atoms with E-state index in [9.17, 15) is 0 Å². The fraction of sp³-hybridized carbons (Fsp3) is 0.350. The predicted octanol–water partition coefficient (Wildman–Crippen LogP) is 5.13. The first kappa shape index (κ1) is 19.1. The zero-order chi connectivity index (χ0) is 13.0. The van der Waals surface area contributed by atoms with Crippen molar-refractivity contribution in [1.82, 2.24) is 4.98 Å². The second-order valence-electron chi connectivity index (χ2n) is 6.56. The van der Waals surface area contributed by atoms with Crippen molar-refractivity contribution in [3.8, 4) is 11.3 Å². The Labute approximate surface area is 149 Å². The molecule has 1 aromatic heterocycles. The molecule has 2 atom stereocenters. The van der Waals surface area contributed by atoms with E-state index in [2.05, 4.69) is 43.2 Å². The molecular formula is C20H24NPt-3. The Kier molecular flexibility index (Phi) is 5.79. The molecule has 0 saturated heterocycles. The smallest absolute Gasteiger partial charge is 0.0198 e. The molecule has 2 aromatic rings. The summed E-state index contributed by atoms with van der Waals surface area (Å²) in [5.74, 6) is 1.59. The van der Waals surface area contributed by atoms with E-state index in [0.717, 1.165) is 23.1 Å². The molecule has 3 aliphatic carbocycles. The summed E-state index contributed by atoms with van der Waals surface area (Å²) in [6.07, 6.45) is 4.70. The maximum absolute atomic E-state index is 4.67. The number of hydrogen-bond donors (Lipinski definition) is 0. The number of rotatable bonds is 1. The van der Waals surface area contributed by atoms with E-state index in [1.165, 1.54) is 24.0 Å². The summed E-state index contributed by atoms with van der Waals surface area (Å²) in [4.78, 5) is 4.67. The van der Waals surface area contributed by atoms with Crippen LogP contribution < -0.4 is 0 Å². The van der Waals surface area contributed by atoms with Crippen LogP contribution in [0.3, 0.4) is 0 Å². The maximum atomic E-state index is 4.67. The van der Waals surface area contributed by atoms with Crippen molar-refractivity contribution in [2.24, 2.45) is 11.3 Å². The van der Waals surface area contributed by atoms with Crippen molar-refractivity contribution in [3.05, 3.63) is 68.6 Å². The van der Waals surface area contributed by atoms with E-state index in [1.54, 1.807) is 0 Å². The number of benzene rings is 1. The van der Waals surface area contributed by atoms with Gasteiger partial charge in [0.2, 0.25) is 0 Å². The topological polar surface area (TPSA) is 12.9 Å². The zero-order valence-corrected chi connectivity index (χ0v) is 16.1. The summed E-state index contributed by atoms with van der Waals surface area (Å²) < 4.78 is 0. The third-order valence-electron chi connectivity index (χ3n) is 5.32. The Morgan fingerprint density at radius 1 is 1.23 bits per heavy atom. The van der Waals surface area contributed by atoms with Gasteiger partial charge in [0.25, 0.3) is 0 Å². The first-order valence-corrected chi connectivity index (χ1v) is 7.12. The standard InChI is InChI=1S/C18H18N.2CH3.Pt/c1-18(2)14-8-13-9-17(12-6-4-3-5-7-12)19-11-15(13)16(18)10-14;;;/h3-6,9,11,14,16H,8,10H2,1-2H3;2*1H3;/q3*-1;. The average molecular weight is 473 g/mol. The van der Waals surface area contributed by atoms with Crippen LogP contribution in [0.2, 0.25) is 0 Å². The van der Waals surface area contributed by atoms with Gasteiger partial charge in [-0.3, -0.25) is 0 Å². The van der Waals surface area contributed by atoms with Gasteiger partial charge < -0.3 is 19.8 Å². The van der Waals surface area contributed by atoms with Crippen molar-refractivity contribution in [2.45, 2.75) is 32.6 Å². The molecule has 2 bridgehead atoms. The minimum atomic E-state index is 0. The molecule has 122 valence electrons. The fourth-order valence-electron chi connectivity index (χ4n) is 3.85. The summed E-state index contributed by atoms with van der Waals surface area (Å²) in [6.45, 7) is 4.82. The van der Waals surface area contributed by atoms with Crippen LogP contribution in [0.5, 0.6) is 0 Å². The minimum Gasteiger partial charge on any atom is -0.358 e. The quantitative estimate of drug-likeness (QED) is 0.524. The molecule has 0 spiro atoms. The van der Waals surface area contributed by atoms with E-state index in [1.807, 2.05) is 18.2 Å². The molecule has 0 radical (unpaired) electrons. The van der Waals surface area contributed by atoms with Crippen molar-refractivity contribution in [1.29, 1.82) is 0 Å². The SMILES string of the molecule is CC1(C)C2Cc3cc(-c4[c-]cccc4)ncc3C1C2.[CH3-].[CH3-].[Pt]. The average Bonchev–Trinajstić information content (AvgIpc) is 2.46. The van der Waals surface area contributed by atoms with Crippen LogP contribution in [0.25, 0.3) is 11.3 Å². The van der Waals surface area contributed by atoms with Gasteiger partial charge in [-0.15, -0.1) is 35.9 Å². The molecule has 22 heavy (non-hydrogen) atoms. The first-order valence-electron chi connectivity index (χ1n) is 7.12. The van der Waals surface area contributed by atoms with Crippen LogP contribution in [0.4, 0.5) is 0 Å². The summed E-state index contributed by atoms with van der Waals surface area (Å²) >= 11 is 0. The summed E-state index contributed by atoms with van der Waals surface area (Å²) in [7, 11) is 0. The Balaban J connectivity index is 0.000000807. The van der Waals surface area contributed by atoms with Gasteiger partial charge in [-0.25, -0.2) is 0 Å². The molecule has 0 aliphatic heterocycles. The van der Waals surface area contributed by atoms with Crippen molar-refractivity contribution < 1.29 is 21.1 Å². The summed E-state index contributed by atoms with van der Waals surface area (Å²) in [6, 6.07) is 13.6. The van der Waals surface area contributed by atoms with E-state index < -0.39 is 0 Å². The first-order chi connectivity index (χ1) is 9.16. The van der Waals surface area contributed by atoms with Gasteiger partial charge in [0.1, 0.15) is 0 Å². The molecule has 0 N–H and O–H groups in total. The Hall–Kier alpha value is -0.942. The van der Waals surface area contributed by atoms with Crippen LogP contribution in [0, 0.1) is 32.3 Å². The third kappa shape index (κ3) is 2.69. The van der Waals surface area contributed by atoms with Crippen LogP contribution in [-0.2, 0) is 27.5 Å². The van der Waals surface area contributed by atoms with E-state index in [0.29, 0.717) is 5.41 Å². The van der Waals surface area contributed by atoms with Crippen molar-refractivity contribution >= 4 is 0 Å². The van der Waals surface area contributed by atoms with Gasteiger partial charge in [-0.2, -0.15) is 0 Å². The maximum Gasteiger partial charge on any atom is 0.0198 e. The Morgan fingerprint density at radius 2 is 2.00 bits per heavy atom. The largest absolute Gasteiger partial charge is 0.358 e.